The van der Waals surface area contributed by atoms with Gasteiger partial charge in [-0.3, -0.25) is 0 Å². The van der Waals surface area contributed by atoms with E-state index in [1.165, 1.54) is 18.5 Å². The van der Waals surface area contributed by atoms with Crippen LogP contribution in [0.5, 0.6) is 5.88 Å². The second kappa shape index (κ2) is 8.22. The lowest BCUT2D eigenvalue weighted by Crippen LogP contribution is -2.38. The lowest BCUT2D eigenvalue weighted by Gasteiger charge is -2.38. The van der Waals surface area contributed by atoms with Crippen LogP contribution >= 0.6 is 0 Å². The van der Waals surface area contributed by atoms with Crippen LogP contribution in [-0.2, 0) is 0 Å². The van der Waals surface area contributed by atoms with Crippen LogP contribution in [0.2, 0.25) is 0 Å². The molecule has 2 atom stereocenters. The van der Waals surface area contributed by atoms with Crippen molar-refractivity contribution < 1.29 is 4.74 Å². The highest BCUT2D eigenvalue weighted by atomic mass is 16.5. The summed E-state index contributed by atoms with van der Waals surface area (Å²) < 4.78 is 6.48. The Morgan fingerprint density at radius 1 is 1.12 bits per heavy atom. The number of aromatic nitrogens is 1. The third-order valence-electron chi connectivity index (χ3n) is 5.62. The molecule has 1 fully saturated rings. The molecular weight excluding hydrogens is 296 g/mol. The summed E-state index contributed by atoms with van der Waals surface area (Å²) in [5.41, 5.74) is 3.34. The first kappa shape index (κ1) is 19.1. The summed E-state index contributed by atoms with van der Waals surface area (Å²) in [4.78, 5) is 4.71. The monoisotopic (exact) mass is 332 g/mol. The third kappa shape index (κ3) is 4.43. The average Bonchev–Trinajstić information content (AvgIpc) is 2.52. The van der Waals surface area contributed by atoms with Gasteiger partial charge < -0.3 is 10.1 Å². The van der Waals surface area contributed by atoms with Gasteiger partial charge in [0.25, 0.3) is 0 Å². The van der Waals surface area contributed by atoms with Crippen molar-refractivity contribution in [3.8, 4) is 5.88 Å². The number of rotatable bonds is 6. The Hall–Kier alpha value is -1.25. The van der Waals surface area contributed by atoms with Crippen LogP contribution in [0, 0.1) is 31.6 Å². The van der Waals surface area contributed by atoms with Crippen LogP contribution in [0.15, 0.2) is 6.07 Å². The van der Waals surface area contributed by atoms with Crippen molar-refractivity contribution >= 4 is 5.69 Å². The van der Waals surface area contributed by atoms with Crippen molar-refractivity contribution in [2.75, 3.05) is 5.32 Å². The van der Waals surface area contributed by atoms with Gasteiger partial charge in [0.2, 0.25) is 5.88 Å². The molecule has 1 aromatic heterocycles. The molecule has 3 nitrogen and oxygen atoms in total. The molecule has 1 heterocycles. The lowest BCUT2D eigenvalue weighted by atomic mass is 9.75. The van der Waals surface area contributed by atoms with E-state index in [2.05, 4.69) is 59.8 Å². The van der Waals surface area contributed by atoms with Gasteiger partial charge in [0.15, 0.2) is 0 Å². The summed E-state index contributed by atoms with van der Waals surface area (Å²) >= 11 is 0. The molecule has 1 aromatic rings. The van der Waals surface area contributed by atoms with Crippen LogP contribution in [-0.4, -0.2) is 17.1 Å². The van der Waals surface area contributed by atoms with E-state index >= 15 is 0 Å². The van der Waals surface area contributed by atoms with Crippen molar-refractivity contribution in [2.24, 2.45) is 17.8 Å². The van der Waals surface area contributed by atoms with Gasteiger partial charge in [0, 0.05) is 23.0 Å². The van der Waals surface area contributed by atoms with E-state index in [9.17, 15) is 0 Å². The molecule has 0 bridgehead atoms. The van der Waals surface area contributed by atoms with Gasteiger partial charge >= 0.3 is 0 Å². The topological polar surface area (TPSA) is 34.2 Å². The van der Waals surface area contributed by atoms with E-state index in [4.69, 9.17) is 9.72 Å². The zero-order chi connectivity index (χ0) is 17.9. The predicted molar refractivity (Wildman–Crippen MR) is 103 cm³/mol. The maximum absolute atomic E-state index is 6.48. The maximum atomic E-state index is 6.48. The van der Waals surface area contributed by atoms with Gasteiger partial charge in [-0.05, 0) is 63.4 Å². The zero-order valence-corrected chi connectivity index (χ0v) is 16.6. The summed E-state index contributed by atoms with van der Waals surface area (Å²) in [6.07, 6.45) is 5.02. The standard InChI is InChI=1S/C21H36N2O/c1-8-18(9-2)23-19-12-16(6)22-21(17(19)7)24-20-14(4)10-13(3)11-15(20)5/h12-15,18,20H,8-11H2,1-7H3,(H,22,23). The molecule has 136 valence electrons. The largest absolute Gasteiger partial charge is 0.474 e. The molecule has 1 N–H and O–H groups in total. The predicted octanol–water partition coefficient (Wildman–Crippen LogP) is 5.75. The highest BCUT2D eigenvalue weighted by Gasteiger charge is 2.33. The molecule has 1 aliphatic rings. The second-order valence-corrected chi connectivity index (χ2v) is 8.01. The first-order chi connectivity index (χ1) is 11.3. The van der Waals surface area contributed by atoms with E-state index in [0.29, 0.717) is 17.9 Å². The SMILES string of the molecule is CCC(CC)Nc1cc(C)nc(OC2C(C)CC(C)CC2C)c1C. The zero-order valence-electron chi connectivity index (χ0n) is 16.6. The van der Waals surface area contributed by atoms with Crippen LogP contribution in [0.3, 0.4) is 0 Å². The molecule has 0 radical (unpaired) electrons. The molecule has 0 aliphatic heterocycles. The van der Waals surface area contributed by atoms with E-state index in [-0.39, 0.29) is 6.10 Å². The van der Waals surface area contributed by atoms with Crippen LogP contribution < -0.4 is 10.1 Å². The highest BCUT2D eigenvalue weighted by Crippen LogP contribution is 2.37. The molecule has 1 saturated carbocycles. The van der Waals surface area contributed by atoms with Gasteiger partial charge in [-0.2, -0.15) is 0 Å². The van der Waals surface area contributed by atoms with Gasteiger partial charge in [0.1, 0.15) is 6.10 Å². The summed E-state index contributed by atoms with van der Waals surface area (Å²) in [6, 6.07) is 2.66. The summed E-state index contributed by atoms with van der Waals surface area (Å²) in [5, 5.41) is 3.67. The van der Waals surface area contributed by atoms with Gasteiger partial charge in [0.05, 0.1) is 0 Å². The highest BCUT2D eigenvalue weighted by molar-refractivity contribution is 5.56. The number of anilines is 1. The minimum Gasteiger partial charge on any atom is -0.474 e. The summed E-state index contributed by atoms with van der Waals surface area (Å²) in [6.45, 7) is 15.7. The van der Waals surface area contributed by atoms with E-state index in [0.717, 1.165) is 35.9 Å². The number of hydrogen-bond acceptors (Lipinski definition) is 3. The molecular formula is C21H36N2O. The number of ether oxygens (including phenoxy) is 1. The Bertz CT molecular complexity index is 527. The van der Waals surface area contributed by atoms with Crippen molar-refractivity contribution in [1.29, 1.82) is 0 Å². The minimum atomic E-state index is 0.273. The van der Waals surface area contributed by atoms with Crippen LogP contribution in [0.4, 0.5) is 5.69 Å². The molecule has 0 aromatic carbocycles. The number of aryl methyl sites for hydroxylation is 1. The van der Waals surface area contributed by atoms with Gasteiger partial charge in [-0.1, -0.05) is 34.6 Å². The lowest BCUT2D eigenvalue weighted by molar-refractivity contribution is 0.0312. The number of hydrogen-bond donors (Lipinski definition) is 1. The Morgan fingerprint density at radius 2 is 1.71 bits per heavy atom. The van der Waals surface area contributed by atoms with Gasteiger partial charge in [-0.15, -0.1) is 0 Å². The average molecular weight is 333 g/mol. The third-order valence-corrected chi connectivity index (χ3v) is 5.62. The fourth-order valence-electron chi connectivity index (χ4n) is 4.24. The normalized spacial score (nSPS) is 27.3. The fraction of sp³-hybridized carbons (Fsp3) is 0.762. The molecule has 1 aliphatic carbocycles. The van der Waals surface area contributed by atoms with E-state index in [1.807, 2.05) is 0 Å². The second-order valence-electron chi connectivity index (χ2n) is 8.01. The Labute approximate surface area is 148 Å². The minimum absolute atomic E-state index is 0.273. The molecule has 24 heavy (non-hydrogen) atoms. The number of nitrogens with zero attached hydrogens (tertiary/aromatic N) is 1. The molecule has 0 amide bonds. The fourth-order valence-corrected chi connectivity index (χ4v) is 4.24. The first-order valence-electron chi connectivity index (χ1n) is 9.77. The van der Waals surface area contributed by atoms with Crippen LogP contribution in [0.25, 0.3) is 0 Å². The Kier molecular flexibility index (Phi) is 6.54. The van der Waals surface area contributed by atoms with Gasteiger partial charge in [-0.25, -0.2) is 4.98 Å². The Morgan fingerprint density at radius 3 is 2.25 bits per heavy atom. The smallest absolute Gasteiger partial charge is 0.218 e. The maximum Gasteiger partial charge on any atom is 0.218 e. The number of nitrogens with one attached hydrogen (secondary N) is 1. The molecule has 3 heteroatoms. The molecule has 2 rings (SSSR count). The Balaban J connectivity index is 2.22. The molecule has 0 spiro atoms. The summed E-state index contributed by atoms with van der Waals surface area (Å²) in [7, 11) is 0. The summed E-state index contributed by atoms with van der Waals surface area (Å²) in [5.74, 6) is 2.79. The van der Waals surface area contributed by atoms with Crippen molar-refractivity contribution in [3.63, 3.8) is 0 Å². The van der Waals surface area contributed by atoms with Crippen LogP contribution in [0.1, 0.15) is 71.6 Å². The number of pyridine rings is 1. The first-order valence-corrected chi connectivity index (χ1v) is 9.77. The van der Waals surface area contributed by atoms with Crippen molar-refractivity contribution in [1.82, 2.24) is 4.98 Å². The quantitative estimate of drug-likeness (QED) is 0.720. The van der Waals surface area contributed by atoms with E-state index in [1.54, 1.807) is 0 Å². The van der Waals surface area contributed by atoms with E-state index < -0.39 is 0 Å². The van der Waals surface area contributed by atoms with Crippen molar-refractivity contribution in [3.05, 3.63) is 17.3 Å². The molecule has 0 saturated heterocycles. The van der Waals surface area contributed by atoms with Crippen molar-refractivity contribution in [2.45, 2.75) is 86.3 Å². The molecule has 2 unspecified atom stereocenters.